The van der Waals surface area contributed by atoms with Crippen LogP contribution in [0.5, 0.6) is 0 Å². The van der Waals surface area contributed by atoms with Crippen LogP contribution in [0.25, 0.3) is 0 Å². The number of rotatable bonds is 3. The van der Waals surface area contributed by atoms with Crippen LogP contribution in [0.3, 0.4) is 0 Å². The van der Waals surface area contributed by atoms with Crippen LogP contribution in [0.4, 0.5) is 28.8 Å². The zero-order chi connectivity index (χ0) is 24.4. The van der Waals surface area contributed by atoms with E-state index in [1.54, 1.807) is 24.3 Å². The minimum atomic E-state index is -4.00. The second-order valence-corrected chi connectivity index (χ2v) is 10.0. The smallest absolute Gasteiger partial charge is 0.263 e. The number of fused-ring (bicyclic) bond motifs is 6. The Labute approximate surface area is 207 Å². The van der Waals surface area contributed by atoms with Crippen molar-refractivity contribution in [2.75, 3.05) is 15.4 Å². The molecule has 2 heterocycles. The molecular weight excluding hydrogens is 484 g/mol. The largest absolute Gasteiger partial charge is 0.339 e. The molecule has 1 aliphatic rings. The second kappa shape index (κ2) is 9.25. The lowest BCUT2D eigenvalue weighted by atomic mass is 10.0. The van der Waals surface area contributed by atoms with Crippen LogP contribution < -0.4 is 15.4 Å². The van der Waals surface area contributed by atoms with E-state index in [2.05, 4.69) is 25.3 Å². The number of hydrogen-bond donors (Lipinski definition) is 3. The molecule has 0 spiro atoms. The van der Waals surface area contributed by atoms with Crippen LogP contribution in [0.2, 0.25) is 5.02 Å². The number of nitriles is 1. The lowest BCUT2D eigenvalue weighted by Crippen LogP contribution is -2.15. The standard InChI is InChI=1S/C25H19ClN6O2S/c26-22-15-28-25-30-19-6-3-4-16(10-19)8-9-17-11-20(29-24(22)31-25)13-21(12-17)32-35(33,34)23-7-2-1-5-18(23)14-27/h1-7,10-13,15,32H,8-9H2,(H2,28,29,30,31). The van der Waals surface area contributed by atoms with Gasteiger partial charge in [-0.1, -0.05) is 35.9 Å². The summed E-state index contributed by atoms with van der Waals surface area (Å²) < 4.78 is 28.8. The first-order valence-corrected chi connectivity index (χ1v) is 12.6. The molecule has 1 aromatic heterocycles. The average Bonchev–Trinajstić information content (AvgIpc) is 2.84. The number of sulfonamides is 1. The van der Waals surface area contributed by atoms with E-state index >= 15 is 0 Å². The summed E-state index contributed by atoms with van der Waals surface area (Å²) in [6.45, 7) is 0. The second-order valence-electron chi connectivity index (χ2n) is 7.97. The van der Waals surface area contributed by atoms with Gasteiger partial charge < -0.3 is 10.6 Å². The van der Waals surface area contributed by atoms with E-state index in [9.17, 15) is 13.7 Å². The van der Waals surface area contributed by atoms with Gasteiger partial charge in [-0.25, -0.2) is 13.4 Å². The zero-order valence-corrected chi connectivity index (χ0v) is 19.9. The highest BCUT2D eigenvalue weighted by Crippen LogP contribution is 2.30. The molecular formula is C25H19ClN6O2S. The molecule has 0 saturated heterocycles. The van der Waals surface area contributed by atoms with Crippen LogP contribution in [-0.2, 0) is 22.9 Å². The highest BCUT2D eigenvalue weighted by atomic mass is 35.5. The first-order valence-electron chi connectivity index (χ1n) is 10.7. The summed E-state index contributed by atoms with van der Waals surface area (Å²) >= 11 is 6.34. The molecule has 0 fully saturated rings. The van der Waals surface area contributed by atoms with Gasteiger partial charge in [0.1, 0.15) is 16.0 Å². The molecule has 4 aromatic rings. The minimum absolute atomic E-state index is 0.0700. The number of aryl methyl sites for hydroxylation is 2. The quantitative estimate of drug-likeness (QED) is 0.343. The van der Waals surface area contributed by atoms with Gasteiger partial charge in [0.15, 0.2) is 5.82 Å². The fraction of sp³-hybridized carbons (Fsp3) is 0.0800. The Bertz CT molecular complexity index is 1580. The lowest BCUT2D eigenvalue weighted by Gasteiger charge is -2.14. The molecule has 3 aromatic carbocycles. The highest BCUT2D eigenvalue weighted by molar-refractivity contribution is 7.92. The summed E-state index contributed by atoms with van der Waals surface area (Å²) in [4.78, 5) is 8.64. The van der Waals surface area contributed by atoms with Gasteiger partial charge >= 0.3 is 0 Å². The maximum Gasteiger partial charge on any atom is 0.263 e. The molecule has 1 aliphatic heterocycles. The molecule has 0 unspecified atom stereocenters. The molecule has 8 nitrogen and oxygen atoms in total. The number of hydrogen-bond acceptors (Lipinski definition) is 7. The van der Waals surface area contributed by atoms with E-state index < -0.39 is 10.0 Å². The van der Waals surface area contributed by atoms with Gasteiger partial charge in [0.2, 0.25) is 5.95 Å². The van der Waals surface area contributed by atoms with E-state index in [-0.39, 0.29) is 10.5 Å². The van der Waals surface area contributed by atoms with Gasteiger partial charge in [-0.2, -0.15) is 10.2 Å². The topological polar surface area (TPSA) is 120 Å². The van der Waals surface area contributed by atoms with Gasteiger partial charge in [0.05, 0.1) is 17.4 Å². The Hall–Kier alpha value is -4.13. The summed E-state index contributed by atoms with van der Waals surface area (Å²) in [7, 11) is -4.00. The Morgan fingerprint density at radius 3 is 2.60 bits per heavy atom. The van der Waals surface area contributed by atoms with E-state index in [1.807, 2.05) is 36.4 Å². The van der Waals surface area contributed by atoms with Crippen molar-refractivity contribution < 1.29 is 8.42 Å². The van der Waals surface area contributed by atoms with Crippen LogP contribution in [0.1, 0.15) is 16.7 Å². The third-order valence-corrected chi connectivity index (χ3v) is 7.15. The SMILES string of the molecule is N#Cc1ccccc1S(=O)(=O)Nc1cc2cc(c1)Nc1nc(ncc1Cl)Nc1cccc(c1)CC2. The fourth-order valence-electron chi connectivity index (χ4n) is 3.85. The molecule has 10 heteroatoms. The minimum Gasteiger partial charge on any atom is -0.339 e. The molecule has 3 N–H and O–H groups in total. The van der Waals surface area contributed by atoms with Crippen molar-refractivity contribution in [2.45, 2.75) is 17.7 Å². The van der Waals surface area contributed by atoms with E-state index in [1.165, 1.54) is 18.3 Å². The summed E-state index contributed by atoms with van der Waals surface area (Å²) in [5, 5.41) is 16.0. The van der Waals surface area contributed by atoms with Crippen molar-refractivity contribution in [2.24, 2.45) is 0 Å². The van der Waals surface area contributed by atoms with Crippen molar-refractivity contribution in [1.82, 2.24) is 9.97 Å². The van der Waals surface area contributed by atoms with Gasteiger partial charge in [0.25, 0.3) is 10.0 Å². The van der Waals surface area contributed by atoms with E-state index in [0.717, 1.165) is 23.2 Å². The number of nitrogens with one attached hydrogen (secondary N) is 3. The maximum absolute atomic E-state index is 13.1. The predicted molar refractivity (Wildman–Crippen MR) is 136 cm³/mol. The van der Waals surface area contributed by atoms with Crippen LogP contribution >= 0.6 is 11.6 Å². The molecule has 0 atom stereocenters. The van der Waals surface area contributed by atoms with Crippen LogP contribution in [-0.4, -0.2) is 18.4 Å². The maximum atomic E-state index is 13.1. The van der Waals surface area contributed by atoms with Crippen molar-refractivity contribution >= 4 is 50.5 Å². The molecule has 0 radical (unpaired) electrons. The van der Waals surface area contributed by atoms with E-state index in [0.29, 0.717) is 34.6 Å². The molecule has 0 amide bonds. The Morgan fingerprint density at radius 2 is 1.74 bits per heavy atom. The van der Waals surface area contributed by atoms with Crippen molar-refractivity contribution in [1.29, 1.82) is 5.26 Å². The van der Waals surface area contributed by atoms with Crippen molar-refractivity contribution in [3.63, 3.8) is 0 Å². The first-order chi connectivity index (χ1) is 16.9. The monoisotopic (exact) mass is 502 g/mol. The average molecular weight is 503 g/mol. The summed E-state index contributed by atoms with van der Waals surface area (Å²) in [5.74, 6) is 0.749. The lowest BCUT2D eigenvalue weighted by molar-refractivity contribution is 0.601. The number of benzene rings is 3. The Kier molecular flexibility index (Phi) is 5.99. The van der Waals surface area contributed by atoms with Crippen molar-refractivity contribution in [3.05, 3.63) is 94.6 Å². The number of nitrogens with zero attached hydrogens (tertiary/aromatic N) is 3. The Balaban J connectivity index is 1.57. The van der Waals surface area contributed by atoms with E-state index in [4.69, 9.17) is 11.6 Å². The molecule has 0 aliphatic carbocycles. The third-order valence-electron chi connectivity index (χ3n) is 5.43. The molecule has 174 valence electrons. The summed E-state index contributed by atoms with van der Waals surface area (Å²) in [6, 6.07) is 21.3. The molecule has 0 saturated carbocycles. The number of aromatic nitrogens is 2. The van der Waals surface area contributed by atoms with Gasteiger partial charge in [0, 0.05) is 11.4 Å². The number of anilines is 5. The summed E-state index contributed by atoms with van der Waals surface area (Å²) in [5.41, 5.74) is 3.89. The predicted octanol–water partition coefficient (Wildman–Crippen LogP) is 5.39. The van der Waals surface area contributed by atoms with Gasteiger partial charge in [-0.05, 0) is 66.4 Å². The molecule has 6 bridgehead atoms. The molecule has 5 rings (SSSR count). The highest BCUT2D eigenvalue weighted by Gasteiger charge is 2.19. The number of halogens is 1. The Morgan fingerprint density at radius 1 is 0.943 bits per heavy atom. The van der Waals surface area contributed by atoms with Crippen LogP contribution in [0, 0.1) is 11.3 Å². The van der Waals surface area contributed by atoms with Crippen molar-refractivity contribution in [3.8, 4) is 6.07 Å². The zero-order valence-electron chi connectivity index (χ0n) is 18.3. The summed E-state index contributed by atoms with van der Waals surface area (Å²) in [6.07, 6.45) is 2.90. The van der Waals surface area contributed by atoms with Gasteiger partial charge in [-0.3, -0.25) is 4.72 Å². The third kappa shape index (κ3) is 5.04. The normalized spacial score (nSPS) is 12.6. The fourth-order valence-corrected chi connectivity index (χ4v) is 5.18. The molecule has 35 heavy (non-hydrogen) atoms. The van der Waals surface area contributed by atoms with Crippen LogP contribution in [0.15, 0.2) is 77.8 Å². The van der Waals surface area contributed by atoms with Gasteiger partial charge in [-0.15, -0.1) is 0 Å². The first kappa shape index (κ1) is 22.7.